The van der Waals surface area contributed by atoms with Gasteiger partial charge in [0, 0.05) is 12.0 Å². The Morgan fingerprint density at radius 2 is 1.52 bits per heavy atom. The first-order valence-electron chi connectivity index (χ1n) is 15.4. The number of fused-ring (bicyclic) bond motifs is 4. The molecule has 6 atom stereocenters. The first-order valence-corrected chi connectivity index (χ1v) is 15.4. The van der Waals surface area contributed by atoms with Crippen LogP contribution >= 0.6 is 0 Å². The molecule has 2 aliphatic heterocycles. The van der Waals surface area contributed by atoms with Crippen LogP contribution in [-0.2, 0) is 19.2 Å². The predicted molar refractivity (Wildman–Crippen MR) is 157 cm³/mol. The standard InChI is InChI=1S/C35H38N2O5/c1-19-16-21(17-20(2)30(19)38)29-24-14-15-25-28(33(41)36(31(25)39)22-10-6-4-7-11-22)26(24)18-27-32(40)37(34(42)35(27,29)3)23-12-8-5-9-13-23/h5,8-9,12-14,16-17,22,25-29,38H,4,6-7,10-11,15,18H2,1-3H3. The van der Waals surface area contributed by atoms with E-state index in [-0.39, 0.29) is 41.3 Å². The second-order valence-corrected chi connectivity index (χ2v) is 13.3. The quantitative estimate of drug-likeness (QED) is 0.387. The molecule has 0 bridgehead atoms. The average Bonchev–Trinajstić information content (AvgIpc) is 3.36. The van der Waals surface area contributed by atoms with Crippen molar-refractivity contribution in [2.75, 3.05) is 4.90 Å². The largest absolute Gasteiger partial charge is 0.507 e. The van der Waals surface area contributed by atoms with Gasteiger partial charge < -0.3 is 5.11 Å². The number of para-hydroxylation sites is 1. The molecular formula is C35H38N2O5. The number of nitrogens with zero attached hydrogens (tertiary/aromatic N) is 2. The Bertz CT molecular complexity index is 1520. The van der Waals surface area contributed by atoms with Crippen molar-refractivity contribution in [3.63, 3.8) is 0 Å². The number of hydrogen-bond acceptors (Lipinski definition) is 5. The SMILES string of the molecule is Cc1cc(C2C3=CCC4C(=O)N(C5CCCCC5)C(=O)C4C3CC3C(=O)N(c4ccccc4)C(=O)C32C)cc(C)c1O. The molecule has 2 heterocycles. The molecule has 1 N–H and O–H groups in total. The monoisotopic (exact) mass is 566 g/mol. The van der Waals surface area contributed by atoms with Crippen molar-refractivity contribution < 1.29 is 24.3 Å². The van der Waals surface area contributed by atoms with Gasteiger partial charge in [0.25, 0.3) is 0 Å². The number of anilines is 1. The van der Waals surface area contributed by atoms with Crippen LogP contribution in [0.1, 0.15) is 74.5 Å². The summed E-state index contributed by atoms with van der Waals surface area (Å²) in [5, 5.41) is 10.6. The van der Waals surface area contributed by atoms with E-state index in [1.54, 1.807) is 17.0 Å². The van der Waals surface area contributed by atoms with E-state index in [0.29, 0.717) is 29.7 Å². The van der Waals surface area contributed by atoms with E-state index in [1.807, 2.05) is 51.1 Å². The lowest BCUT2D eigenvalue weighted by molar-refractivity contribution is -0.144. The lowest BCUT2D eigenvalue weighted by Crippen LogP contribution is -2.49. The van der Waals surface area contributed by atoms with Crippen LogP contribution in [0.3, 0.4) is 0 Å². The van der Waals surface area contributed by atoms with Crippen LogP contribution in [0.4, 0.5) is 5.69 Å². The third-order valence-corrected chi connectivity index (χ3v) is 11.1. The number of carbonyl (C=O) groups is 4. The Morgan fingerprint density at radius 1 is 0.857 bits per heavy atom. The molecule has 5 aliphatic rings. The van der Waals surface area contributed by atoms with Crippen molar-refractivity contribution >= 4 is 29.3 Å². The number of phenols is 1. The highest BCUT2D eigenvalue weighted by molar-refractivity contribution is 6.24. The van der Waals surface area contributed by atoms with Crippen LogP contribution in [-0.4, -0.2) is 39.7 Å². The number of imide groups is 2. The minimum absolute atomic E-state index is 0.0388. The zero-order valence-corrected chi connectivity index (χ0v) is 24.5. The zero-order chi connectivity index (χ0) is 29.5. The summed E-state index contributed by atoms with van der Waals surface area (Å²) in [5.74, 6) is -2.77. The van der Waals surface area contributed by atoms with Gasteiger partial charge in [-0.05, 0) is 81.2 Å². The lowest BCUT2D eigenvalue weighted by atomic mass is 9.51. The summed E-state index contributed by atoms with van der Waals surface area (Å²) in [4.78, 5) is 59.6. The highest BCUT2D eigenvalue weighted by Crippen LogP contribution is 2.64. The van der Waals surface area contributed by atoms with Crippen LogP contribution in [0, 0.1) is 42.9 Å². The fourth-order valence-corrected chi connectivity index (χ4v) is 9.10. The van der Waals surface area contributed by atoms with E-state index in [4.69, 9.17) is 0 Å². The minimum Gasteiger partial charge on any atom is -0.507 e. The molecule has 6 unspecified atom stereocenters. The number of phenolic OH excluding ortho intramolecular Hbond substituents is 1. The molecule has 2 saturated heterocycles. The van der Waals surface area contributed by atoms with Gasteiger partial charge in [-0.3, -0.25) is 24.1 Å². The summed E-state index contributed by atoms with van der Waals surface area (Å²) in [6.07, 6.45) is 7.83. The van der Waals surface area contributed by atoms with Gasteiger partial charge in [-0.2, -0.15) is 0 Å². The number of rotatable bonds is 3. The molecule has 7 rings (SSSR count). The number of amides is 4. The Labute approximate surface area is 246 Å². The van der Waals surface area contributed by atoms with Gasteiger partial charge in [-0.25, -0.2) is 4.90 Å². The number of benzene rings is 2. The van der Waals surface area contributed by atoms with Crippen molar-refractivity contribution in [3.8, 4) is 5.75 Å². The van der Waals surface area contributed by atoms with Gasteiger partial charge in [-0.15, -0.1) is 0 Å². The van der Waals surface area contributed by atoms with E-state index in [2.05, 4.69) is 6.08 Å². The van der Waals surface area contributed by atoms with Crippen molar-refractivity contribution in [1.29, 1.82) is 0 Å². The molecule has 7 heteroatoms. The highest BCUT2D eigenvalue weighted by atomic mass is 16.3. The molecule has 0 radical (unpaired) electrons. The van der Waals surface area contributed by atoms with E-state index >= 15 is 0 Å². The van der Waals surface area contributed by atoms with Crippen LogP contribution in [0.2, 0.25) is 0 Å². The number of aromatic hydroxyl groups is 1. The maximum absolute atomic E-state index is 14.5. The molecule has 2 aromatic rings. The fourth-order valence-electron chi connectivity index (χ4n) is 9.10. The molecule has 4 amide bonds. The molecule has 0 spiro atoms. The summed E-state index contributed by atoms with van der Waals surface area (Å²) in [5.41, 5.74) is 2.73. The smallest absolute Gasteiger partial charge is 0.241 e. The zero-order valence-electron chi connectivity index (χ0n) is 24.5. The summed E-state index contributed by atoms with van der Waals surface area (Å²) >= 11 is 0. The fraction of sp³-hybridized carbons (Fsp3) is 0.486. The Hall–Kier alpha value is -3.74. The second-order valence-electron chi connectivity index (χ2n) is 13.3. The van der Waals surface area contributed by atoms with Gasteiger partial charge in [0.1, 0.15) is 5.75 Å². The van der Waals surface area contributed by atoms with Gasteiger partial charge in [0.15, 0.2) is 0 Å². The normalized spacial score (nSPS) is 33.0. The number of aryl methyl sites for hydroxylation is 2. The molecule has 3 aliphatic carbocycles. The molecule has 7 nitrogen and oxygen atoms in total. The molecule has 2 aromatic carbocycles. The summed E-state index contributed by atoms with van der Waals surface area (Å²) < 4.78 is 0. The number of hydrogen-bond donors (Lipinski definition) is 1. The van der Waals surface area contributed by atoms with E-state index in [0.717, 1.165) is 43.2 Å². The number of carbonyl (C=O) groups excluding carboxylic acids is 4. The second kappa shape index (κ2) is 9.65. The van der Waals surface area contributed by atoms with Crippen molar-refractivity contribution in [3.05, 3.63) is 70.8 Å². The lowest BCUT2D eigenvalue weighted by Gasteiger charge is -2.49. The first-order chi connectivity index (χ1) is 20.1. The van der Waals surface area contributed by atoms with Gasteiger partial charge in [0.2, 0.25) is 23.6 Å². The summed E-state index contributed by atoms with van der Waals surface area (Å²) in [7, 11) is 0. The summed E-state index contributed by atoms with van der Waals surface area (Å²) in [6, 6.07) is 12.9. The van der Waals surface area contributed by atoms with Gasteiger partial charge >= 0.3 is 0 Å². The molecule has 0 aromatic heterocycles. The first kappa shape index (κ1) is 27.1. The molecule has 4 fully saturated rings. The maximum atomic E-state index is 14.5. The molecule has 2 saturated carbocycles. The molecule has 42 heavy (non-hydrogen) atoms. The molecular weight excluding hydrogens is 528 g/mol. The van der Waals surface area contributed by atoms with Crippen molar-refractivity contribution in [2.24, 2.45) is 29.1 Å². The summed E-state index contributed by atoms with van der Waals surface area (Å²) in [6.45, 7) is 5.59. The van der Waals surface area contributed by atoms with Crippen molar-refractivity contribution in [2.45, 2.75) is 77.7 Å². The number of allylic oxidation sites excluding steroid dienone is 2. The van der Waals surface area contributed by atoms with Crippen LogP contribution < -0.4 is 4.90 Å². The Kier molecular flexibility index (Phi) is 6.23. The van der Waals surface area contributed by atoms with Crippen LogP contribution in [0.5, 0.6) is 5.75 Å². The van der Waals surface area contributed by atoms with Gasteiger partial charge in [-0.1, -0.05) is 61.2 Å². The Balaban J connectivity index is 1.37. The highest BCUT2D eigenvalue weighted by Gasteiger charge is 2.67. The van der Waals surface area contributed by atoms with Crippen LogP contribution in [0.15, 0.2) is 54.1 Å². The molecule has 218 valence electrons. The van der Waals surface area contributed by atoms with E-state index < -0.39 is 29.1 Å². The topological polar surface area (TPSA) is 95.0 Å². The maximum Gasteiger partial charge on any atom is 0.241 e. The van der Waals surface area contributed by atoms with E-state index in [9.17, 15) is 24.3 Å². The average molecular weight is 567 g/mol. The van der Waals surface area contributed by atoms with Crippen molar-refractivity contribution in [1.82, 2.24) is 4.90 Å². The number of likely N-dealkylation sites (tertiary alicyclic amines) is 1. The van der Waals surface area contributed by atoms with Gasteiger partial charge in [0.05, 0.1) is 28.9 Å². The van der Waals surface area contributed by atoms with Crippen LogP contribution in [0.25, 0.3) is 0 Å². The minimum atomic E-state index is -1.08. The third kappa shape index (κ3) is 3.64. The Morgan fingerprint density at radius 3 is 2.19 bits per heavy atom. The third-order valence-electron chi connectivity index (χ3n) is 11.1. The van der Waals surface area contributed by atoms with E-state index in [1.165, 1.54) is 4.90 Å². The predicted octanol–water partition coefficient (Wildman–Crippen LogP) is 5.57.